The standard InChI is InChI=1S/C27H42N9O9P/c1-5-34(6-2)10-9-33(4)46(41,42-14-20-17(38)11-22(44-20)35-8-7-21(28)32-27(35)40)45-18-12-23(43-19(18)13-37)36-15-29-24-25(36)30-16(3)31-26(24)39/h7-8,15,17-20,22-23,37-38H,5-6,9-14H2,1-4H3,(H2,28,32,40)(H,30,31,39)/t17-,18-,19-,20-,22-,23-,46?/m1/s1. The molecule has 7 atom stereocenters. The van der Waals surface area contributed by atoms with Crippen LogP contribution in [0.5, 0.6) is 0 Å². The summed E-state index contributed by atoms with van der Waals surface area (Å²) in [7, 11) is -2.50. The van der Waals surface area contributed by atoms with Gasteiger partial charge in [0.15, 0.2) is 11.2 Å². The molecule has 0 aromatic carbocycles. The van der Waals surface area contributed by atoms with Crippen molar-refractivity contribution < 1.29 is 33.3 Å². The maximum absolute atomic E-state index is 14.6. The van der Waals surface area contributed by atoms with Crippen LogP contribution in [-0.2, 0) is 23.1 Å². The van der Waals surface area contributed by atoms with Crippen LogP contribution in [0.2, 0.25) is 0 Å². The van der Waals surface area contributed by atoms with Crippen molar-refractivity contribution in [2.45, 2.75) is 70.5 Å². The van der Waals surface area contributed by atoms with E-state index in [4.69, 9.17) is 24.3 Å². The number of aliphatic hydroxyl groups excluding tert-OH is 2. The molecular formula is C27H42N9O9P. The third kappa shape index (κ3) is 7.25. The van der Waals surface area contributed by atoms with Crippen molar-refractivity contribution in [3.8, 4) is 0 Å². The highest BCUT2D eigenvalue weighted by Gasteiger charge is 2.45. The normalized spacial score (nSPS) is 26.4. The number of aromatic nitrogens is 6. The molecule has 254 valence electrons. The van der Waals surface area contributed by atoms with Crippen LogP contribution in [0.25, 0.3) is 11.2 Å². The summed E-state index contributed by atoms with van der Waals surface area (Å²) in [5, 5.41) is 21.0. The number of fused-ring (bicyclic) bond motifs is 1. The number of hydrogen-bond acceptors (Lipinski definition) is 14. The van der Waals surface area contributed by atoms with E-state index in [1.807, 2.05) is 13.8 Å². The van der Waals surface area contributed by atoms with E-state index in [0.717, 1.165) is 13.1 Å². The number of nitrogen functional groups attached to an aromatic ring is 1. The maximum Gasteiger partial charge on any atom is 0.408 e. The predicted molar refractivity (Wildman–Crippen MR) is 165 cm³/mol. The zero-order valence-electron chi connectivity index (χ0n) is 26.3. The molecule has 0 aliphatic carbocycles. The Balaban J connectivity index is 1.34. The van der Waals surface area contributed by atoms with E-state index in [2.05, 4.69) is 24.8 Å². The minimum absolute atomic E-state index is 0.0612. The topological polar surface area (TPSA) is 225 Å². The van der Waals surface area contributed by atoms with Gasteiger partial charge in [0.05, 0.1) is 25.6 Å². The number of imidazole rings is 1. The van der Waals surface area contributed by atoms with Gasteiger partial charge in [-0.25, -0.2) is 24.0 Å². The number of H-pyrrole nitrogens is 1. The monoisotopic (exact) mass is 667 g/mol. The lowest BCUT2D eigenvalue weighted by atomic mass is 10.2. The van der Waals surface area contributed by atoms with Crippen LogP contribution in [0.3, 0.4) is 0 Å². The number of rotatable bonds is 14. The van der Waals surface area contributed by atoms with Crippen LogP contribution >= 0.6 is 7.75 Å². The van der Waals surface area contributed by atoms with Gasteiger partial charge in [-0.2, -0.15) is 4.98 Å². The van der Waals surface area contributed by atoms with E-state index in [9.17, 15) is 24.4 Å². The van der Waals surface area contributed by atoms with Gasteiger partial charge in [0.2, 0.25) is 0 Å². The second-order valence-corrected chi connectivity index (χ2v) is 13.4. The molecule has 18 nitrogen and oxygen atoms in total. The van der Waals surface area contributed by atoms with Gasteiger partial charge in [0, 0.05) is 32.1 Å². The van der Waals surface area contributed by atoms with E-state index in [-0.39, 0.29) is 30.8 Å². The van der Waals surface area contributed by atoms with Crippen LogP contribution in [0, 0.1) is 6.92 Å². The van der Waals surface area contributed by atoms with Crippen molar-refractivity contribution in [3.63, 3.8) is 0 Å². The number of aryl methyl sites for hydroxylation is 1. The molecule has 2 aliphatic rings. The number of nitrogens with one attached hydrogen (secondary N) is 1. The van der Waals surface area contributed by atoms with E-state index in [0.29, 0.717) is 24.6 Å². The predicted octanol–water partition coefficient (Wildman–Crippen LogP) is -0.0212. The summed E-state index contributed by atoms with van der Waals surface area (Å²) in [6.45, 7) is 7.42. The number of aliphatic hydroxyl groups is 2. The minimum atomic E-state index is -4.11. The average Bonchev–Trinajstić information content (AvgIpc) is 3.73. The lowest BCUT2D eigenvalue weighted by molar-refractivity contribution is -0.0547. The van der Waals surface area contributed by atoms with Crippen molar-refractivity contribution in [2.75, 3.05) is 52.2 Å². The first-order chi connectivity index (χ1) is 22.0. The Hall–Kier alpha value is -3.06. The molecule has 1 unspecified atom stereocenters. The van der Waals surface area contributed by atoms with Crippen LogP contribution in [0.15, 0.2) is 28.2 Å². The highest BCUT2D eigenvalue weighted by molar-refractivity contribution is 7.51. The summed E-state index contributed by atoms with van der Waals surface area (Å²) in [6, 6.07) is 1.45. The number of ether oxygens (including phenoxy) is 2. The van der Waals surface area contributed by atoms with Crippen LogP contribution in [-0.4, -0.2) is 120 Å². The van der Waals surface area contributed by atoms with Crippen LogP contribution in [0.1, 0.15) is 45.0 Å². The first-order valence-corrected chi connectivity index (χ1v) is 16.7. The Bertz CT molecular complexity index is 1660. The zero-order valence-corrected chi connectivity index (χ0v) is 27.2. The molecule has 46 heavy (non-hydrogen) atoms. The number of nitrogens with zero attached hydrogens (tertiary/aromatic N) is 7. The second-order valence-electron chi connectivity index (χ2n) is 11.3. The Labute approximate surface area is 264 Å². The highest BCUT2D eigenvalue weighted by Crippen LogP contribution is 2.55. The van der Waals surface area contributed by atoms with Crippen molar-refractivity contribution >= 4 is 24.7 Å². The summed E-state index contributed by atoms with van der Waals surface area (Å²) in [5.74, 6) is 0.457. The van der Waals surface area contributed by atoms with Crippen molar-refractivity contribution in [1.82, 2.24) is 38.6 Å². The molecule has 5 heterocycles. The average molecular weight is 668 g/mol. The van der Waals surface area contributed by atoms with Gasteiger partial charge in [-0.15, -0.1) is 0 Å². The molecule has 3 aromatic rings. The molecule has 2 aliphatic heterocycles. The van der Waals surface area contributed by atoms with Gasteiger partial charge >= 0.3 is 13.4 Å². The number of hydrogen-bond donors (Lipinski definition) is 4. The molecular weight excluding hydrogens is 625 g/mol. The van der Waals surface area contributed by atoms with E-state index < -0.39 is 62.5 Å². The fourth-order valence-electron chi connectivity index (χ4n) is 5.57. The first kappa shape index (κ1) is 34.3. The zero-order chi connectivity index (χ0) is 33.2. The lowest BCUT2D eigenvalue weighted by Gasteiger charge is -2.32. The molecule has 0 amide bonds. The fourth-order valence-corrected chi connectivity index (χ4v) is 7.22. The van der Waals surface area contributed by atoms with Crippen molar-refractivity contribution in [2.24, 2.45) is 0 Å². The third-order valence-corrected chi connectivity index (χ3v) is 10.4. The van der Waals surface area contributed by atoms with Gasteiger partial charge < -0.3 is 35.3 Å². The van der Waals surface area contributed by atoms with Crippen molar-refractivity contribution in [3.05, 3.63) is 45.3 Å². The summed E-state index contributed by atoms with van der Waals surface area (Å²) < 4.78 is 43.0. The Morgan fingerprint density at radius 3 is 2.54 bits per heavy atom. The first-order valence-electron chi connectivity index (χ1n) is 15.2. The van der Waals surface area contributed by atoms with Gasteiger partial charge in [-0.1, -0.05) is 13.8 Å². The summed E-state index contributed by atoms with van der Waals surface area (Å²) in [4.78, 5) is 41.7. The van der Waals surface area contributed by atoms with Crippen molar-refractivity contribution in [1.29, 1.82) is 0 Å². The number of anilines is 1. The largest absolute Gasteiger partial charge is 0.408 e. The molecule has 5 rings (SSSR count). The van der Waals surface area contributed by atoms with Crippen LogP contribution in [0.4, 0.5) is 5.82 Å². The van der Waals surface area contributed by atoms with E-state index >= 15 is 0 Å². The van der Waals surface area contributed by atoms with Gasteiger partial charge in [0.1, 0.15) is 42.4 Å². The summed E-state index contributed by atoms with van der Waals surface area (Å²) in [5.41, 5.74) is 5.01. The summed E-state index contributed by atoms with van der Waals surface area (Å²) >= 11 is 0. The van der Waals surface area contributed by atoms with E-state index in [1.54, 1.807) is 18.5 Å². The maximum atomic E-state index is 14.6. The van der Waals surface area contributed by atoms with E-state index in [1.165, 1.54) is 27.8 Å². The summed E-state index contributed by atoms with van der Waals surface area (Å²) in [6.07, 6.45) is -2.25. The van der Waals surface area contributed by atoms with Gasteiger partial charge in [-0.05, 0) is 33.1 Å². The number of nitrogens with two attached hydrogens (primary N) is 1. The second kappa shape index (κ2) is 14.4. The third-order valence-electron chi connectivity index (χ3n) is 8.31. The number of aromatic amines is 1. The molecule has 0 saturated carbocycles. The highest BCUT2D eigenvalue weighted by atomic mass is 31.2. The molecule has 0 bridgehead atoms. The molecule has 2 fully saturated rings. The molecule has 2 saturated heterocycles. The minimum Gasteiger partial charge on any atom is -0.394 e. The SMILES string of the molecule is CCN(CC)CCN(C)P(=O)(OC[C@H]1O[C@@H](n2ccc(N)nc2=O)C[C@H]1O)O[C@@H]1C[C@H](n2cnc3c(=O)[nH]c(C)nc32)O[C@@H]1CO. The molecule has 0 radical (unpaired) electrons. The Morgan fingerprint density at radius 1 is 1.13 bits per heavy atom. The Kier molecular flexibility index (Phi) is 10.7. The lowest BCUT2D eigenvalue weighted by Crippen LogP contribution is -2.36. The fraction of sp³-hybridized carbons (Fsp3) is 0.667. The Morgan fingerprint density at radius 2 is 1.85 bits per heavy atom. The van der Waals surface area contributed by atoms with Gasteiger partial charge in [-0.3, -0.25) is 23.0 Å². The van der Waals surface area contributed by atoms with Gasteiger partial charge in [0.25, 0.3) is 5.56 Å². The quantitative estimate of drug-likeness (QED) is 0.166. The molecule has 3 aromatic heterocycles. The molecule has 19 heteroatoms. The number of likely N-dealkylation sites (N-methyl/N-ethyl adjacent to an activating group) is 2. The molecule has 5 N–H and O–H groups in total. The van der Waals surface area contributed by atoms with Crippen LogP contribution < -0.4 is 17.0 Å². The smallest absolute Gasteiger partial charge is 0.394 e. The molecule has 0 spiro atoms.